The molecule has 16 heavy (non-hydrogen) atoms. The van der Waals surface area contributed by atoms with E-state index in [1.807, 2.05) is 0 Å². The molecule has 82 valence electrons. The van der Waals surface area contributed by atoms with E-state index in [-0.39, 0.29) is 16.9 Å². The summed E-state index contributed by atoms with van der Waals surface area (Å²) >= 11 is 0. The first-order valence-electron chi connectivity index (χ1n) is 4.52. The summed E-state index contributed by atoms with van der Waals surface area (Å²) in [6, 6.07) is 6.91. The Balaban J connectivity index is 2.60. The molecule has 2 rings (SSSR count). The summed E-state index contributed by atoms with van der Waals surface area (Å²) in [6.45, 7) is 0. The van der Waals surface area contributed by atoms with Crippen LogP contribution in [0.15, 0.2) is 36.4 Å². The zero-order valence-electron chi connectivity index (χ0n) is 8.05. The van der Waals surface area contributed by atoms with Gasteiger partial charge < -0.3 is 5.11 Å². The molecular formula is C12H7F3O. The average molecular weight is 224 g/mol. The first kappa shape index (κ1) is 10.5. The molecule has 0 aromatic heterocycles. The molecule has 0 unspecified atom stereocenters. The average Bonchev–Trinajstić information content (AvgIpc) is 2.23. The van der Waals surface area contributed by atoms with Crippen molar-refractivity contribution in [2.75, 3.05) is 0 Å². The molecule has 2 aromatic rings. The Bertz CT molecular complexity index is 538. The summed E-state index contributed by atoms with van der Waals surface area (Å²) in [5, 5.41) is 9.20. The van der Waals surface area contributed by atoms with Crippen molar-refractivity contribution in [3.05, 3.63) is 53.8 Å². The van der Waals surface area contributed by atoms with E-state index in [2.05, 4.69) is 0 Å². The van der Waals surface area contributed by atoms with Gasteiger partial charge in [0.15, 0.2) is 11.6 Å². The second-order valence-corrected chi connectivity index (χ2v) is 3.30. The molecule has 0 heterocycles. The molecular weight excluding hydrogens is 217 g/mol. The first-order chi connectivity index (χ1) is 7.58. The van der Waals surface area contributed by atoms with Gasteiger partial charge in [0, 0.05) is 11.6 Å². The van der Waals surface area contributed by atoms with Gasteiger partial charge in [-0.25, -0.2) is 13.2 Å². The third-order valence-electron chi connectivity index (χ3n) is 2.17. The molecule has 0 aliphatic rings. The number of hydrogen-bond acceptors (Lipinski definition) is 1. The van der Waals surface area contributed by atoms with Crippen LogP contribution < -0.4 is 0 Å². The zero-order valence-corrected chi connectivity index (χ0v) is 8.05. The SMILES string of the molecule is Oc1cccc(-c2cc(F)c(F)cc2F)c1. The van der Waals surface area contributed by atoms with Crippen LogP contribution in [0.2, 0.25) is 0 Å². The van der Waals surface area contributed by atoms with Gasteiger partial charge in [0.1, 0.15) is 11.6 Å². The highest BCUT2D eigenvalue weighted by Crippen LogP contribution is 2.27. The largest absolute Gasteiger partial charge is 0.508 e. The minimum Gasteiger partial charge on any atom is -0.508 e. The lowest BCUT2D eigenvalue weighted by Gasteiger charge is -2.04. The van der Waals surface area contributed by atoms with Crippen molar-refractivity contribution in [3.8, 4) is 16.9 Å². The molecule has 0 aliphatic carbocycles. The smallest absolute Gasteiger partial charge is 0.161 e. The van der Waals surface area contributed by atoms with Crippen LogP contribution in [0.5, 0.6) is 5.75 Å². The number of rotatable bonds is 1. The van der Waals surface area contributed by atoms with Crippen molar-refractivity contribution in [2.45, 2.75) is 0 Å². The minimum atomic E-state index is -1.23. The quantitative estimate of drug-likeness (QED) is 0.735. The van der Waals surface area contributed by atoms with Crippen LogP contribution in [-0.4, -0.2) is 5.11 Å². The van der Waals surface area contributed by atoms with E-state index in [1.54, 1.807) is 0 Å². The van der Waals surface area contributed by atoms with E-state index >= 15 is 0 Å². The molecule has 0 radical (unpaired) electrons. The van der Waals surface area contributed by atoms with Crippen LogP contribution in [-0.2, 0) is 0 Å². The van der Waals surface area contributed by atoms with Crippen molar-refractivity contribution in [2.24, 2.45) is 0 Å². The van der Waals surface area contributed by atoms with Crippen LogP contribution in [0.25, 0.3) is 11.1 Å². The molecule has 2 aromatic carbocycles. The normalized spacial score (nSPS) is 10.4. The zero-order chi connectivity index (χ0) is 11.7. The van der Waals surface area contributed by atoms with Crippen molar-refractivity contribution in [1.29, 1.82) is 0 Å². The molecule has 0 spiro atoms. The Kier molecular flexibility index (Phi) is 2.56. The third kappa shape index (κ3) is 1.86. The molecule has 0 bridgehead atoms. The maximum Gasteiger partial charge on any atom is 0.161 e. The van der Waals surface area contributed by atoms with Crippen molar-refractivity contribution < 1.29 is 18.3 Å². The van der Waals surface area contributed by atoms with Gasteiger partial charge in [0.25, 0.3) is 0 Å². The van der Waals surface area contributed by atoms with E-state index in [0.29, 0.717) is 6.07 Å². The number of phenols is 1. The Morgan fingerprint density at radius 2 is 1.50 bits per heavy atom. The number of phenolic OH excluding ortho intramolecular Hbond substituents is 1. The molecule has 0 amide bonds. The van der Waals surface area contributed by atoms with E-state index in [9.17, 15) is 18.3 Å². The third-order valence-corrected chi connectivity index (χ3v) is 2.17. The summed E-state index contributed by atoms with van der Waals surface area (Å²) < 4.78 is 39.0. The van der Waals surface area contributed by atoms with Crippen molar-refractivity contribution in [3.63, 3.8) is 0 Å². The van der Waals surface area contributed by atoms with E-state index < -0.39 is 17.5 Å². The highest BCUT2D eigenvalue weighted by atomic mass is 19.2. The summed E-state index contributed by atoms with van der Waals surface area (Å²) in [6.07, 6.45) is 0. The van der Waals surface area contributed by atoms with Crippen molar-refractivity contribution in [1.82, 2.24) is 0 Å². The number of aromatic hydroxyl groups is 1. The molecule has 0 saturated carbocycles. The predicted octanol–water partition coefficient (Wildman–Crippen LogP) is 3.48. The number of halogens is 3. The van der Waals surface area contributed by atoms with Gasteiger partial charge in [0.2, 0.25) is 0 Å². The molecule has 4 heteroatoms. The Labute approximate surface area is 89.8 Å². The maximum absolute atomic E-state index is 13.4. The van der Waals surface area contributed by atoms with E-state index in [1.165, 1.54) is 24.3 Å². The van der Waals surface area contributed by atoms with Gasteiger partial charge in [-0.2, -0.15) is 0 Å². The topological polar surface area (TPSA) is 20.2 Å². The summed E-state index contributed by atoms with van der Waals surface area (Å²) in [5.74, 6) is -3.30. The Morgan fingerprint density at radius 3 is 2.19 bits per heavy atom. The van der Waals surface area contributed by atoms with Crippen LogP contribution in [0.4, 0.5) is 13.2 Å². The fourth-order valence-electron chi connectivity index (χ4n) is 1.42. The van der Waals surface area contributed by atoms with Crippen LogP contribution in [0.3, 0.4) is 0 Å². The Hall–Kier alpha value is -1.97. The van der Waals surface area contributed by atoms with Gasteiger partial charge in [-0.3, -0.25) is 0 Å². The van der Waals surface area contributed by atoms with Crippen LogP contribution in [0, 0.1) is 17.5 Å². The van der Waals surface area contributed by atoms with Gasteiger partial charge >= 0.3 is 0 Å². The molecule has 0 fully saturated rings. The predicted molar refractivity (Wildman–Crippen MR) is 53.4 cm³/mol. The van der Waals surface area contributed by atoms with E-state index in [0.717, 1.165) is 6.07 Å². The first-order valence-corrected chi connectivity index (χ1v) is 4.52. The second kappa shape index (κ2) is 3.89. The molecule has 1 N–H and O–H groups in total. The van der Waals surface area contributed by atoms with Crippen LogP contribution in [0.1, 0.15) is 0 Å². The highest BCUT2D eigenvalue weighted by Gasteiger charge is 2.11. The molecule has 0 saturated heterocycles. The van der Waals surface area contributed by atoms with Gasteiger partial charge in [-0.05, 0) is 23.8 Å². The Morgan fingerprint density at radius 1 is 0.812 bits per heavy atom. The standard InChI is InChI=1S/C12H7F3O/c13-10-6-12(15)11(14)5-9(10)7-2-1-3-8(16)4-7/h1-6,16H. The van der Waals surface area contributed by atoms with Crippen molar-refractivity contribution >= 4 is 0 Å². The summed E-state index contributed by atoms with van der Waals surface area (Å²) in [7, 11) is 0. The lowest BCUT2D eigenvalue weighted by atomic mass is 10.0. The molecule has 1 nitrogen and oxygen atoms in total. The second-order valence-electron chi connectivity index (χ2n) is 3.30. The van der Waals surface area contributed by atoms with Crippen LogP contribution >= 0.6 is 0 Å². The van der Waals surface area contributed by atoms with Gasteiger partial charge in [0.05, 0.1) is 0 Å². The van der Waals surface area contributed by atoms with E-state index in [4.69, 9.17) is 0 Å². The number of benzene rings is 2. The maximum atomic E-state index is 13.4. The lowest BCUT2D eigenvalue weighted by Crippen LogP contribution is -1.91. The fourth-order valence-corrected chi connectivity index (χ4v) is 1.42. The fraction of sp³-hybridized carbons (Fsp3) is 0. The minimum absolute atomic E-state index is 0.0679. The molecule has 0 aliphatic heterocycles. The summed E-state index contributed by atoms with van der Waals surface area (Å²) in [5.41, 5.74) is 0.200. The van der Waals surface area contributed by atoms with Gasteiger partial charge in [-0.15, -0.1) is 0 Å². The lowest BCUT2D eigenvalue weighted by molar-refractivity contribution is 0.475. The monoisotopic (exact) mass is 224 g/mol. The van der Waals surface area contributed by atoms with Gasteiger partial charge in [-0.1, -0.05) is 12.1 Å². The number of hydrogen-bond donors (Lipinski definition) is 1. The summed E-state index contributed by atoms with van der Waals surface area (Å²) in [4.78, 5) is 0. The molecule has 0 atom stereocenters. The highest BCUT2D eigenvalue weighted by molar-refractivity contribution is 5.65.